The van der Waals surface area contributed by atoms with Crippen LogP contribution in [0, 0.1) is 11.6 Å². The first-order valence-corrected chi connectivity index (χ1v) is 25.2. The van der Waals surface area contributed by atoms with Gasteiger partial charge in [0.2, 0.25) is 0 Å². The highest BCUT2D eigenvalue weighted by Crippen LogP contribution is 2.52. The molecule has 7 heteroatoms. The molecule has 1 aliphatic heterocycles. The minimum atomic E-state index is -0.301. The zero-order valence-corrected chi connectivity index (χ0v) is 43.1. The highest BCUT2D eigenvalue weighted by molar-refractivity contribution is 6.09. The highest BCUT2D eigenvalue weighted by atomic mass is 19.1. The van der Waals surface area contributed by atoms with Crippen molar-refractivity contribution in [1.82, 2.24) is 9.55 Å². The van der Waals surface area contributed by atoms with Crippen molar-refractivity contribution in [3.8, 4) is 50.7 Å². The lowest BCUT2D eigenvalue weighted by atomic mass is 9.82. The molecule has 0 fully saturated rings. The van der Waals surface area contributed by atoms with E-state index in [4.69, 9.17) is 9.72 Å². The molecule has 1 aliphatic rings. The van der Waals surface area contributed by atoms with E-state index in [2.05, 4.69) is 210 Å². The Balaban J connectivity index is 1.08. The highest BCUT2D eigenvalue weighted by Gasteiger charge is 2.33. The van der Waals surface area contributed by atoms with E-state index in [0.29, 0.717) is 18.2 Å². The number of anilines is 4. The summed E-state index contributed by atoms with van der Waals surface area (Å²) in [5, 5.41) is 2.26. The molecular weight excluding hydrogens is 903 g/mol. The molecule has 0 N–H and O–H groups in total. The quantitative estimate of drug-likeness (QED) is 0.152. The van der Waals surface area contributed by atoms with Crippen molar-refractivity contribution < 1.29 is 13.5 Å². The van der Waals surface area contributed by atoms with Crippen molar-refractivity contribution in [2.45, 2.75) is 78.6 Å². The van der Waals surface area contributed by atoms with Gasteiger partial charge in [-0.1, -0.05) is 141 Å². The zero-order chi connectivity index (χ0) is 51.0. The molecule has 0 spiro atoms. The van der Waals surface area contributed by atoms with Gasteiger partial charge >= 0.3 is 0 Å². The maximum absolute atomic E-state index is 14.7. The third-order valence-corrected chi connectivity index (χ3v) is 14.3. The predicted octanol–water partition coefficient (Wildman–Crippen LogP) is 18.4. The van der Waals surface area contributed by atoms with E-state index < -0.39 is 0 Å². The lowest BCUT2D eigenvalue weighted by Crippen LogP contribution is -2.25. The average molecular weight is 963 g/mol. The summed E-state index contributed by atoms with van der Waals surface area (Å²) in [7, 11) is 0. The van der Waals surface area contributed by atoms with Crippen molar-refractivity contribution in [1.29, 1.82) is 0 Å². The number of hydrogen-bond donors (Lipinski definition) is 0. The van der Waals surface area contributed by atoms with Crippen molar-refractivity contribution in [2.75, 3.05) is 16.5 Å². The lowest BCUT2D eigenvalue weighted by Gasteiger charge is -2.30. The maximum Gasteiger partial charge on any atom is 0.137 e. The molecule has 0 saturated heterocycles. The van der Waals surface area contributed by atoms with Gasteiger partial charge in [-0.25, -0.2) is 13.8 Å². The molecule has 0 bridgehead atoms. The van der Waals surface area contributed by atoms with E-state index in [-0.39, 0.29) is 27.9 Å². The van der Waals surface area contributed by atoms with E-state index in [0.717, 1.165) is 89.3 Å². The Hall–Kier alpha value is -8.03. The first-order valence-electron chi connectivity index (χ1n) is 25.2. The van der Waals surface area contributed by atoms with E-state index in [1.165, 1.54) is 35.4 Å². The van der Waals surface area contributed by atoms with Crippen LogP contribution in [0.3, 0.4) is 0 Å². The van der Waals surface area contributed by atoms with Gasteiger partial charge in [0.15, 0.2) is 0 Å². The smallest absolute Gasteiger partial charge is 0.137 e. The van der Waals surface area contributed by atoms with Crippen LogP contribution in [0.5, 0.6) is 11.5 Å². The van der Waals surface area contributed by atoms with Gasteiger partial charge in [0, 0.05) is 45.9 Å². The molecule has 0 aliphatic carbocycles. The van der Waals surface area contributed by atoms with Gasteiger partial charge in [0.1, 0.15) is 35.6 Å². The van der Waals surface area contributed by atoms with Crippen LogP contribution in [0.15, 0.2) is 188 Å². The molecule has 5 nitrogen and oxygen atoms in total. The van der Waals surface area contributed by atoms with Gasteiger partial charge in [0.05, 0.1) is 28.1 Å². The first kappa shape index (κ1) is 47.3. The third kappa shape index (κ3) is 9.03. The predicted molar refractivity (Wildman–Crippen MR) is 299 cm³/mol. The summed E-state index contributed by atoms with van der Waals surface area (Å²) in [6.07, 6.45) is 1.91. The SMILES string of the molecule is CC(C)(C)c1ccc(-c2cc(Oc3ccc4c5ccccc5n(-c5cc(C(C)(C)C)ccn5)c4c3)cc(N3CN(c4c(-c5ccc(F)cc5)cc(C(C)(C)C)cc4-c4ccc(F)cc4)c4ccccc43)c2)cc1. The second kappa shape index (κ2) is 17.9. The summed E-state index contributed by atoms with van der Waals surface area (Å²) in [6.45, 7) is 20.4. The molecule has 0 amide bonds. The standard InChI is InChI=1S/C66H60F2N4O/c1-64(2,3)46-24-18-42(19-25-46)45-34-51(39-53(35-45)73-52-30-31-55-54-14-10-11-15-58(54)72(61(55)40-52)62-38-47(32-33-69-62)65(4,5)6)70-41-71(60-17-13-12-16-59(60)70)63-56(43-20-26-49(67)27-21-43)36-48(66(7,8)9)37-57(63)44-22-28-50(68)29-23-44/h10-40H,41H2,1-9H3. The van der Waals surface area contributed by atoms with Gasteiger partial charge in [-0.05, 0) is 146 Å². The molecular formula is C66H60F2N4O. The summed E-state index contributed by atoms with van der Waals surface area (Å²) >= 11 is 0. The largest absolute Gasteiger partial charge is 0.457 e. The number of fused-ring (bicyclic) bond motifs is 4. The van der Waals surface area contributed by atoms with Crippen LogP contribution in [0.1, 0.15) is 79.0 Å². The van der Waals surface area contributed by atoms with Crippen LogP contribution in [0.2, 0.25) is 0 Å². The number of para-hydroxylation sites is 3. The van der Waals surface area contributed by atoms with Gasteiger partial charge in [-0.2, -0.15) is 0 Å². The van der Waals surface area contributed by atoms with Crippen LogP contribution < -0.4 is 14.5 Å². The van der Waals surface area contributed by atoms with Crippen LogP contribution in [0.4, 0.5) is 31.5 Å². The normalized spacial score (nSPS) is 13.0. The second-order valence-electron chi connectivity index (χ2n) is 22.5. The Labute approximate surface area is 428 Å². The average Bonchev–Trinajstić information content (AvgIpc) is 3.92. The van der Waals surface area contributed by atoms with Gasteiger partial charge in [-0.15, -0.1) is 0 Å². The number of nitrogens with zero attached hydrogens (tertiary/aromatic N) is 4. The summed E-state index contributed by atoms with van der Waals surface area (Å²) < 4.78 is 38.7. The molecule has 10 aromatic rings. The molecule has 11 rings (SSSR count). The molecule has 8 aromatic carbocycles. The topological polar surface area (TPSA) is 33.5 Å². The number of aromatic nitrogens is 2. The summed E-state index contributed by atoms with van der Waals surface area (Å²) in [5.74, 6) is 1.64. The van der Waals surface area contributed by atoms with Gasteiger partial charge in [0.25, 0.3) is 0 Å². The second-order valence-corrected chi connectivity index (χ2v) is 22.5. The van der Waals surface area contributed by atoms with E-state index in [1.54, 1.807) is 0 Å². The third-order valence-electron chi connectivity index (χ3n) is 14.3. The Morgan fingerprint density at radius 2 is 1.00 bits per heavy atom. The Bertz CT molecular complexity index is 3640. The van der Waals surface area contributed by atoms with Gasteiger partial charge < -0.3 is 14.5 Å². The van der Waals surface area contributed by atoms with Crippen LogP contribution in [-0.2, 0) is 16.2 Å². The minimum Gasteiger partial charge on any atom is -0.457 e. The fourth-order valence-corrected chi connectivity index (χ4v) is 10.2. The molecule has 3 heterocycles. The molecule has 0 saturated carbocycles. The molecule has 0 atom stereocenters. The van der Waals surface area contributed by atoms with E-state index in [1.807, 2.05) is 30.5 Å². The van der Waals surface area contributed by atoms with Crippen LogP contribution >= 0.6 is 0 Å². The molecule has 364 valence electrons. The van der Waals surface area contributed by atoms with E-state index in [9.17, 15) is 8.78 Å². The Morgan fingerprint density at radius 3 is 1.62 bits per heavy atom. The number of pyridine rings is 1. The Kier molecular flexibility index (Phi) is 11.6. The summed E-state index contributed by atoms with van der Waals surface area (Å²) in [6, 6.07) is 60.9. The van der Waals surface area contributed by atoms with Crippen LogP contribution in [-0.4, -0.2) is 16.2 Å². The fourth-order valence-electron chi connectivity index (χ4n) is 10.2. The maximum atomic E-state index is 14.7. The number of benzene rings is 8. The fraction of sp³-hybridized carbons (Fsp3) is 0.197. The van der Waals surface area contributed by atoms with Gasteiger partial charge in [-0.3, -0.25) is 4.57 Å². The molecule has 0 radical (unpaired) electrons. The van der Waals surface area contributed by atoms with Crippen molar-refractivity contribution in [2.24, 2.45) is 0 Å². The lowest BCUT2D eigenvalue weighted by molar-refractivity contribution is 0.483. The number of rotatable bonds is 8. The summed E-state index contributed by atoms with van der Waals surface area (Å²) in [4.78, 5) is 9.61. The molecule has 2 aromatic heterocycles. The van der Waals surface area contributed by atoms with E-state index >= 15 is 0 Å². The summed E-state index contributed by atoms with van der Waals surface area (Å²) in [5.41, 5.74) is 15.0. The van der Waals surface area contributed by atoms with Crippen molar-refractivity contribution >= 4 is 44.6 Å². The van der Waals surface area contributed by atoms with Crippen molar-refractivity contribution in [3.05, 3.63) is 217 Å². The zero-order valence-electron chi connectivity index (χ0n) is 43.1. The molecule has 0 unspecified atom stereocenters. The number of ether oxygens (including phenoxy) is 1. The molecule has 73 heavy (non-hydrogen) atoms. The first-order chi connectivity index (χ1) is 34.9. The Morgan fingerprint density at radius 1 is 0.438 bits per heavy atom. The monoisotopic (exact) mass is 962 g/mol. The minimum absolute atomic E-state index is 0.00726. The van der Waals surface area contributed by atoms with Crippen LogP contribution in [0.25, 0.3) is 61.0 Å². The van der Waals surface area contributed by atoms with Crippen molar-refractivity contribution in [3.63, 3.8) is 0 Å². The number of hydrogen-bond acceptors (Lipinski definition) is 4. The number of halogens is 2.